The third kappa shape index (κ3) is 4.43. The number of halogens is 3. The molecule has 0 amide bonds. The lowest BCUT2D eigenvalue weighted by molar-refractivity contribution is 0.383. The Bertz CT molecular complexity index is 312. The molecular formula is C5H9F3O3SSi. The first-order valence-corrected chi connectivity index (χ1v) is 8.04. The summed E-state index contributed by atoms with van der Waals surface area (Å²) in [6.07, 6.45) is -2.89. The maximum Gasteiger partial charge on any atom is 0.320 e. The molecule has 0 aromatic carbocycles. The highest BCUT2D eigenvalue weighted by Gasteiger charge is 2.31. The van der Waals surface area contributed by atoms with Gasteiger partial charge in [-0.25, -0.2) is 0 Å². The van der Waals surface area contributed by atoms with Gasteiger partial charge in [0.1, 0.15) is 0 Å². The highest BCUT2D eigenvalue weighted by atomic mass is 32.2. The lowest BCUT2D eigenvalue weighted by atomic mass is 11.1. The lowest BCUT2D eigenvalue weighted by Gasteiger charge is -2.14. The molecule has 13 heavy (non-hydrogen) atoms. The molecule has 0 rings (SSSR count). The van der Waals surface area contributed by atoms with Gasteiger partial charge in [0, 0.05) is 0 Å². The molecule has 0 aliphatic carbocycles. The van der Waals surface area contributed by atoms with Gasteiger partial charge in [-0.3, -0.25) is 0 Å². The predicted molar refractivity (Wildman–Crippen MR) is 43.7 cm³/mol. The van der Waals surface area contributed by atoms with Crippen LogP contribution >= 0.6 is 0 Å². The van der Waals surface area contributed by atoms with Crippen LogP contribution in [-0.2, 0) is 14.0 Å². The summed E-state index contributed by atoms with van der Waals surface area (Å²) in [6.45, 7) is 4.32. The first-order valence-electron chi connectivity index (χ1n) is 3.23. The van der Waals surface area contributed by atoms with Crippen LogP contribution < -0.4 is 0 Å². The largest absolute Gasteiger partial charge is 0.320 e. The fourth-order valence-corrected chi connectivity index (χ4v) is 3.57. The van der Waals surface area contributed by atoms with E-state index in [1.54, 1.807) is 0 Å². The van der Waals surface area contributed by atoms with Crippen molar-refractivity contribution in [3.63, 3.8) is 0 Å². The highest BCUT2D eigenvalue weighted by Crippen LogP contribution is 2.21. The zero-order chi connectivity index (χ0) is 10.9. The Labute approximate surface area is 75.5 Å². The number of hydrogen-bond donors (Lipinski definition) is 0. The van der Waals surface area contributed by atoms with Crippen LogP contribution in [0.1, 0.15) is 0 Å². The lowest BCUT2D eigenvalue weighted by Crippen LogP contribution is -2.29. The van der Waals surface area contributed by atoms with Crippen molar-refractivity contribution in [3.05, 3.63) is 11.2 Å². The molecule has 0 radical (unpaired) electrons. The maximum absolute atomic E-state index is 12.3. The van der Waals surface area contributed by atoms with Crippen molar-refractivity contribution in [2.45, 2.75) is 19.6 Å². The Hall–Kier alpha value is -0.343. The zero-order valence-electron chi connectivity index (χ0n) is 7.27. The third-order valence-corrected chi connectivity index (χ3v) is 4.20. The van der Waals surface area contributed by atoms with E-state index in [4.69, 9.17) is 0 Å². The summed E-state index contributed by atoms with van der Waals surface area (Å²) >= 11 is 0. The van der Waals surface area contributed by atoms with Crippen molar-refractivity contribution in [2.24, 2.45) is 0 Å². The van der Waals surface area contributed by atoms with E-state index in [0.717, 1.165) is 0 Å². The van der Waals surface area contributed by atoms with Gasteiger partial charge in [0.15, 0.2) is 0 Å². The number of rotatable bonds is 3. The molecule has 8 heteroatoms. The van der Waals surface area contributed by atoms with Crippen molar-refractivity contribution in [2.75, 3.05) is 0 Å². The van der Waals surface area contributed by atoms with Crippen LogP contribution in [0, 0.1) is 0 Å². The molecule has 0 unspecified atom stereocenters. The van der Waals surface area contributed by atoms with Crippen molar-refractivity contribution < 1.29 is 25.5 Å². The van der Waals surface area contributed by atoms with E-state index in [0.29, 0.717) is 0 Å². The molecular weight excluding hydrogens is 225 g/mol. The Kier molecular flexibility index (Phi) is 3.70. The minimum atomic E-state index is -4.89. The molecule has 0 N–H and O–H groups in total. The van der Waals surface area contributed by atoms with Crippen LogP contribution in [-0.4, -0.2) is 16.7 Å². The van der Waals surface area contributed by atoms with Crippen molar-refractivity contribution in [1.82, 2.24) is 0 Å². The van der Waals surface area contributed by atoms with Crippen LogP contribution in [0.3, 0.4) is 0 Å². The molecule has 0 fully saturated rings. The molecule has 0 saturated heterocycles. The minimum Gasteiger partial charge on any atom is -0.310 e. The van der Waals surface area contributed by atoms with E-state index in [9.17, 15) is 21.6 Å². The standard InChI is InChI=1S/C5H9F3O3SSi/c1-13(2,3)11-12(9,10)5(8)4(6)7/h1-3H3. The summed E-state index contributed by atoms with van der Waals surface area (Å²) in [7, 11) is -7.49. The first kappa shape index (κ1) is 12.7. The Balaban J connectivity index is 4.94. The molecule has 0 aliphatic rings. The normalized spacial score (nSPS) is 12.8. The van der Waals surface area contributed by atoms with Crippen molar-refractivity contribution in [1.29, 1.82) is 0 Å². The van der Waals surface area contributed by atoms with Gasteiger partial charge in [0.05, 0.1) is 0 Å². The second kappa shape index (κ2) is 3.80. The van der Waals surface area contributed by atoms with E-state index in [2.05, 4.69) is 3.87 Å². The van der Waals surface area contributed by atoms with Gasteiger partial charge in [-0.15, -0.1) is 0 Å². The van der Waals surface area contributed by atoms with E-state index in [1.165, 1.54) is 19.6 Å². The fraction of sp³-hybridized carbons (Fsp3) is 0.600. The number of hydrogen-bond acceptors (Lipinski definition) is 3. The average Bonchev–Trinajstić information content (AvgIpc) is 1.80. The predicted octanol–water partition coefficient (Wildman–Crippen LogP) is 2.20. The quantitative estimate of drug-likeness (QED) is 0.703. The molecule has 3 nitrogen and oxygen atoms in total. The fourth-order valence-electron chi connectivity index (χ4n) is 0.460. The summed E-state index contributed by atoms with van der Waals surface area (Å²) in [6, 6.07) is 0. The van der Waals surface area contributed by atoms with Gasteiger partial charge in [0.25, 0.3) is 0 Å². The van der Waals surface area contributed by atoms with Crippen LogP contribution in [0.15, 0.2) is 11.2 Å². The van der Waals surface area contributed by atoms with Crippen LogP contribution in [0.2, 0.25) is 19.6 Å². The Morgan fingerprint density at radius 2 is 1.54 bits per heavy atom. The maximum atomic E-state index is 12.3. The Morgan fingerprint density at radius 3 is 1.77 bits per heavy atom. The van der Waals surface area contributed by atoms with Gasteiger partial charge >= 0.3 is 21.4 Å². The summed E-state index contributed by atoms with van der Waals surface area (Å²) in [5, 5.41) is -2.50. The molecule has 0 aliphatic heterocycles. The van der Waals surface area contributed by atoms with Crippen molar-refractivity contribution >= 4 is 18.4 Å². The third-order valence-electron chi connectivity index (χ3n) is 0.728. The second-order valence-electron chi connectivity index (χ2n) is 3.18. The first-order chi connectivity index (χ1) is 5.56. The Morgan fingerprint density at radius 1 is 1.15 bits per heavy atom. The zero-order valence-corrected chi connectivity index (χ0v) is 9.08. The van der Waals surface area contributed by atoms with E-state index < -0.39 is 29.7 Å². The summed E-state index contributed by atoms with van der Waals surface area (Å²) in [5.74, 6) is 0. The van der Waals surface area contributed by atoms with Gasteiger partial charge in [-0.05, 0) is 19.6 Å². The SMILES string of the molecule is C[Si](C)(C)OS(=O)(=O)C(F)=C(F)F. The molecule has 0 aromatic heterocycles. The average molecular weight is 234 g/mol. The summed E-state index contributed by atoms with van der Waals surface area (Å²) in [4.78, 5) is 0. The molecule has 0 heterocycles. The van der Waals surface area contributed by atoms with Gasteiger partial charge in [-0.1, -0.05) is 0 Å². The van der Waals surface area contributed by atoms with Crippen LogP contribution in [0.25, 0.3) is 0 Å². The van der Waals surface area contributed by atoms with Gasteiger partial charge in [-0.2, -0.15) is 21.6 Å². The summed E-state index contributed by atoms with van der Waals surface area (Å²) in [5.41, 5.74) is 0. The molecule has 0 atom stereocenters. The monoisotopic (exact) mass is 234 g/mol. The smallest absolute Gasteiger partial charge is 0.310 e. The molecule has 0 spiro atoms. The van der Waals surface area contributed by atoms with Crippen LogP contribution in [0.5, 0.6) is 0 Å². The molecule has 0 saturated carbocycles. The van der Waals surface area contributed by atoms with Gasteiger partial charge in [0.2, 0.25) is 8.32 Å². The molecule has 0 aromatic rings. The van der Waals surface area contributed by atoms with E-state index in [1.807, 2.05) is 0 Å². The second-order valence-corrected chi connectivity index (χ2v) is 9.34. The van der Waals surface area contributed by atoms with Crippen LogP contribution in [0.4, 0.5) is 13.2 Å². The summed E-state index contributed by atoms with van der Waals surface area (Å²) < 4.78 is 61.0. The molecule has 0 bridgehead atoms. The topological polar surface area (TPSA) is 43.4 Å². The van der Waals surface area contributed by atoms with Gasteiger partial charge < -0.3 is 3.87 Å². The minimum absolute atomic E-state index is 1.44. The molecule has 78 valence electrons. The van der Waals surface area contributed by atoms with E-state index in [-0.39, 0.29) is 0 Å². The highest BCUT2D eigenvalue weighted by molar-refractivity contribution is 7.91. The van der Waals surface area contributed by atoms with Crippen molar-refractivity contribution in [3.8, 4) is 0 Å². The van der Waals surface area contributed by atoms with E-state index >= 15 is 0 Å².